The van der Waals surface area contributed by atoms with Gasteiger partial charge in [-0.05, 0) is 48.9 Å². The van der Waals surface area contributed by atoms with Crippen LogP contribution in [0.25, 0.3) is 5.69 Å². The second kappa shape index (κ2) is 7.03. The molecule has 0 aliphatic carbocycles. The molecule has 0 aliphatic heterocycles. The van der Waals surface area contributed by atoms with Gasteiger partial charge in [0.25, 0.3) is 0 Å². The number of halogens is 3. The van der Waals surface area contributed by atoms with Gasteiger partial charge in [0.05, 0.1) is 0 Å². The first-order valence-corrected chi connectivity index (χ1v) is 7.83. The molecule has 2 aromatic carbocycles. The van der Waals surface area contributed by atoms with Gasteiger partial charge in [-0.25, -0.2) is 9.13 Å². The molecule has 26 heavy (non-hydrogen) atoms. The van der Waals surface area contributed by atoms with Crippen LogP contribution in [0.3, 0.4) is 0 Å². The van der Waals surface area contributed by atoms with Crippen LogP contribution in [0, 0.1) is 0 Å². The quantitative estimate of drug-likeness (QED) is 0.510. The Kier molecular flexibility index (Phi) is 4.79. The summed E-state index contributed by atoms with van der Waals surface area (Å²) in [6.45, 7) is 2.02. The van der Waals surface area contributed by atoms with Crippen LogP contribution in [0.2, 0.25) is 0 Å². The van der Waals surface area contributed by atoms with Gasteiger partial charge in [0.15, 0.2) is 5.78 Å². The standard InChI is InChI=1S/C19H16F3N2O2/c1-14(25)16-4-6-17(7-5-16)24-11-10-23(13-24)12-15-2-8-18(9-3-15)26-19(20,21)22/h2-11,13H,12H2,1H3/q+1. The van der Waals surface area contributed by atoms with E-state index >= 15 is 0 Å². The van der Waals surface area contributed by atoms with Crippen LogP contribution in [0.15, 0.2) is 67.3 Å². The Balaban J connectivity index is 1.69. The largest absolute Gasteiger partial charge is 0.573 e. The maximum absolute atomic E-state index is 12.2. The van der Waals surface area contributed by atoms with Gasteiger partial charge in [-0.3, -0.25) is 4.79 Å². The molecule has 134 valence electrons. The summed E-state index contributed by atoms with van der Waals surface area (Å²) in [6, 6.07) is 13.0. The van der Waals surface area contributed by atoms with E-state index in [1.807, 2.05) is 40.0 Å². The lowest BCUT2D eigenvalue weighted by Gasteiger charge is -2.08. The molecule has 0 bridgehead atoms. The Bertz CT molecular complexity index is 898. The number of alkyl halides is 3. The number of nitrogens with zero attached hydrogens (tertiary/aromatic N) is 2. The SMILES string of the molecule is CC(=O)c1ccc(-n2cc[n+](Cc3ccc(OC(F)(F)F)cc3)c2)cc1. The molecule has 4 nitrogen and oxygen atoms in total. The van der Waals surface area contributed by atoms with Crippen LogP contribution in [0.1, 0.15) is 22.8 Å². The van der Waals surface area contributed by atoms with Crippen LogP contribution in [-0.2, 0) is 6.54 Å². The summed E-state index contributed by atoms with van der Waals surface area (Å²) in [5.74, 6) is -0.230. The van der Waals surface area contributed by atoms with E-state index in [-0.39, 0.29) is 11.5 Å². The monoisotopic (exact) mass is 361 g/mol. The Morgan fingerprint density at radius 2 is 1.73 bits per heavy atom. The molecule has 3 aromatic rings. The number of benzene rings is 2. The Hall–Kier alpha value is -3.09. The van der Waals surface area contributed by atoms with Gasteiger partial charge in [0.1, 0.15) is 30.4 Å². The summed E-state index contributed by atoms with van der Waals surface area (Å²) in [5.41, 5.74) is 2.40. The molecule has 0 N–H and O–H groups in total. The molecule has 7 heteroatoms. The van der Waals surface area contributed by atoms with Gasteiger partial charge in [0, 0.05) is 5.56 Å². The maximum Gasteiger partial charge on any atom is 0.573 e. The van der Waals surface area contributed by atoms with Crippen molar-refractivity contribution in [2.75, 3.05) is 0 Å². The van der Waals surface area contributed by atoms with Gasteiger partial charge < -0.3 is 4.74 Å². The van der Waals surface area contributed by atoms with E-state index < -0.39 is 6.36 Å². The second-order valence-electron chi connectivity index (χ2n) is 5.79. The first kappa shape index (κ1) is 17.7. The lowest BCUT2D eigenvalue weighted by atomic mass is 10.1. The van der Waals surface area contributed by atoms with Crippen molar-refractivity contribution in [1.29, 1.82) is 0 Å². The number of hydrogen-bond acceptors (Lipinski definition) is 2. The number of aromatic nitrogens is 2. The van der Waals surface area contributed by atoms with E-state index in [4.69, 9.17) is 0 Å². The molecule has 0 radical (unpaired) electrons. The van der Waals surface area contributed by atoms with E-state index in [0.29, 0.717) is 12.1 Å². The van der Waals surface area contributed by atoms with Gasteiger partial charge >= 0.3 is 6.36 Å². The summed E-state index contributed by atoms with van der Waals surface area (Å²) in [4.78, 5) is 11.3. The van der Waals surface area contributed by atoms with Crippen molar-refractivity contribution in [1.82, 2.24) is 4.57 Å². The third-order valence-corrected chi connectivity index (χ3v) is 3.79. The van der Waals surface area contributed by atoms with Crippen LogP contribution in [-0.4, -0.2) is 16.7 Å². The van der Waals surface area contributed by atoms with Crippen LogP contribution in [0.5, 0.6) is 5.75 Å². The first-order chi connectivity index (χ1) is 12.3. The summed E-state index contributed by atoms with van der Waals surface area (Å²) in [6.07, 6.45) is 0.900. The normalized spacial score (nSPS) is 11.4. The molecule has 0 atom stereocenters. The van der Waals surface area contributed by atoms with E-state index in [9.17, 15) is 18.0 Å². The van der Waals surface area contributed by atoms with Gasteiger partial charge in [-0.1, -0.05) is 12.1 Å². The Morgan fingerprint density at radius 3 is 2.31 bits per heavy atom. The average molecular weight is 361 g/mol. The van der Waals surface area contributed by atoms with E-state index in [1.165, 1.54) is 19.1 Å². The molecule has 0 saturated carbocycles. The number of ether oxygens (including phenoxy) is 1. The third kappa shape index (κ3) is 4.50. The number of imidazole rings is 1. The summed E-state index contributed by atoms with van der Waals surface area (Å²) >= 11 is 0. The Labute approximate surface area is 148 Å². The van der Waals surface area contributed by atoms with E-state index in [2.05, 4.69) is 4.74 Å². The van der Waals surface area contributed by atoms with Crippen molar-refractivity contribution in [3.8, 4) is 11.4 Å². The lowest BCUT2D eigenvalue weighted by Crippen LogP contribution is -2.31. The highest BCUT2D eigenvalue weighted by molar-refractivity contribution is 5.94. The molecule has 0 amide bonds. The zero-order valence-electron chi connectivity index (χ0n) is 13.9. The molecule has 1 heterocycles. The molecule has 3 rings (SSSR count). The minimum atomic E-state index is -4.69. The fourth-order valence-corrected chi connectivity index (χ4v) is 2.52. The fraction of sp³-hybridized carbons (Fsp3) is 0.158. The second-order valence-corrected chi connectivity index (χ2v) is 5.79. The van der Waals surface area contributed by atoms with Crippen molar-refractivity contribution >= 4 is 5.78 Å². The minimum Gasteiger partial charge on any atom is -0.406 e. The smallest absolute Gasteiger partial charge is 0.406 e. The maximum atomic E-state index is 12.2. The topological polar surface area (TPSA) is 35.1 Å². The van der Waals surface area contributed by atoms with Crippen LogP contribution < -0.4 is 9.30 Å². The lowest BCUT2D eigenvalue weighted by molar-refractivity contribution is -0.687. The highest BCUT2D eigenvalue weighted by atomic mass is 19.4. The number of carbonyl (C=O) groups is 1. The highest BCUT2D eigenvalue weighted by Gasteiger charge is 2.30. The predicted molar refractivity (Wildman–Crippen MR) is 88.2 cm³/mol. The number of carbonyl (C=O) groups excluding carboxylic acids is 1. The summed E-state index contributed by atoms with van der Waals surface area (Å²) < 4.78 is 44.2. The third-order valence-electron chi connectivity index (χ3n) is 3.79. The molecule has 0 fully saturated rings. The summed E-state index contributed by atoms with van der Waals surface area (Å²) in [5, 5.41) is 0. The summed E-state index contributed by atoms with van der Waals surface area (Å²) in [7, 11) is 0. The molecular weight excluding hydrogens is 345 g/mol. The minimum absolute atomic E-state index is 0.0112. The van der Waals surface area contributed by atoms with Crippen molar-refractivity contribution in [3.63, 3.8) is 0 Å². The average Bonchev–Trinajstić information content (AvgIpc) is 3.04. The van der Waals surface area contributed by atoms with Crippen molar-refractivity contribution < 1.29 is 27.3 Å². The van der Waals surface area contributed by atoms with Gasteiger partial charge in [0.2, 0.25) is 6.33 Å². The molecule has 1 aromatic heterocycles. The van der Waals surface area contributed by atoms with Crippen molar-refractivity contribution in [3.05, 3.63) is 78.4 Å². The number of Topliss-reactive ketones (excluding diaryl/α,β-unsaturated/α-hetero) is 1. The predicted octanol–water partition coefficient (Wildman–Crippen LogP) is 3.91. The van der Waals surface area contributed by atoms with E-state index in [1.54, 1.807) is 24.3 Å². The number of rotatable bonds is 5. The molecule has 0 saturated heterocycles. The Morgan fingerprint density at radius 1 is 1.08 bits per heavy atom. The van der Waals surface area contributed by atoms with Crippen LogP contribution >= 0.6 is 0 Å². The molecule has 0 aliphatic rings. The van der Waals surface area contributed by atoms with Crippen molar-refractivity contribution in [2.45, 2.75) is 19.8 Å². The van der Waals surface area contributed by atoms with Crippen LogP contribution in [0.4, 0.5) is 13.2 Å². The first-order valence-electron chi connectivity index (χ1n) is 7.83. The zero-order chi connectivity index (χ0) is 18.7. The number of ketones is 1. The molecule has 0 spiro atoms. The highest BCUT2D eigenvalue weighted by Crippen LogP contribution is 2.22. The zero-order valence-corrected chi connectivity index (χ0v) is 13.9. The molecule has 0 unspecified atom stereocenters. The van der Waals surface area contributed by atoms with E-state index in [0.717, 1.165) is 11.3 Å². The van der Waals surface area contributed by atoms with Gasteiger partial charge in [-0.2, -0.15) is 0 Å². The van der Waals surface area contributed by atoms with Gasteiger partial charge in [-0.15, -0.1) is 13.2 Å². The molecular formula is C19H16F3N2O2+. The fourth-order valence-electron chi connectivity index (χ4n) is 2.52. The van der Waals surface area contributed by atoms with Crippen molar-refractivity contribution in [2.24, 2.45) is 0 Å². The number of hydrogen-bond donors (Lipinski definition) is 0.